The fourth-order valence-electron chi connectivity index (χ4n) is 1.59. The molecular weight excluding hydrogens is 198 g/mol. The third-order valence-electron chi connectivity index (χ3n) is 2.29. The normalized spacial score (nSPS) is 21.5. The van der Waals surface area contributed by atoms with Crippen molar-refractivity contribution in [1.82, 2.24) is 15.5 Å². The summed E-state index contributed by atoms with van der Waals surface area (Å²) in [6.45, 7) is 1.90. The van der Waals surface area contributed by atoms with Crippen LogP contribution in [-0.4, -0.2) is 48.8 Å². The van der Waals surface area contributed by atoms with Gasteiger partial charge in [-0.25, -0.2) is 0 Å². The fourth-order valence-corrected chi connectivity index (χ4v) is 1.59. The van der Waals surface area contributed by atoms with Gasteiger partial charge < -0.3 is 10.2 Å². The lowest BCUT2D eigenvalue weighted by atomic mass is 10.1. The Hall–Kier alpha value is -1.43. The van der Waals surface area contributed by atoms with E-state index in [2.05, 4.69) is 10.6 Å². The Labute approximate surface area is 88.0 Å². The lowest BCUT2D eigenvalue weighted by molar-refractivity contribution is -0.149. The summed E-state index contributed by atoms with van der Waals surface area (Å²) >= 11 is 0. The molecule has 6 heteroatoms. The molecule has 0 bridgehead atoms. The van der Waals surface area contributed by atoms with Gasteiger partial charge in [-0.05, 0) is 13.5 Å². The van der Waals surface area contributed by atoms with Crippen LogP contribution in [0.2, 0.25) is 0 Å². The maximum Gasteiger partial charge on any atom is 0.249 e. The molecule has 1 aliphatic heterocycles. The summed E-state index contributed by atoms with van der Waals surface area (Å²) in [6, 6.07) is -0.524. The van der Waals surface area contributed by atoms with Gasteiger partial charge in [-0.2, -0.15) is 0 Å². The average Bonchev–Trinajstić information content (AvgIpc) is 2.17. The zero-order valence-corrected chi connectivity index (χ0v) is 8.87. The first-order valence-corrected chi connectivity index (χ1v) is 4.88. The molecule has 6 nitrogen and oxygen atoms in total. The molecule has 1 fully saturated rings. The zero-order chi connectivity index (χ0) is 11.4. The topological polar surface area (TPSA) is 78.5 Å². The molecule has 0 aromatic rings. The van der Waals surface area contributed by atoms with Crippen LogP contribution in [0.1, 0.15) is 13.3 Å². The standard InChI is InChI=1S/C9H15N3O3/c1-3-6-9(15)11-7(13)5-12(6)8(14)4-10-2/h6,10H,3-5H2,1-2H3,(H,11,13,15). The van der Waals surface area contributed by atoms with E-state index in [1.165, 1.54) is 4.90 Å². The Morgan fingerprint density at radius 2 is 2.27 bits per heavy atom. The van der Waals surface area contributed by atoms with Crippen molar-refractivity contribution in [1.29, 1.82) is 0 Å². The molecule has 84 valence electrons. The number of amides is 3. The van der Waals surface area contributed by atoms with Gasteiger partial charge in [-0.3, -0.25) is 19.7 Å². The van der Waals surface area contributed by atoms with Gasteiger partial charge in [-0.1, -0.05) is 6.92 Å². The number of carbonyl (C=O) groups is 3. The summed E-state index contributed by atoms with van der Waals surface area (Å²) in [7, 11) is 1.64. The minimum Gasteiger partial charge on any atom is -0.320 e. The van der Waals surface area contributed by atoms with Crippen LogP contribution in [0.15, 0.2) is 0 Å². The Bertz CT molecular complexity index is 290. The van der Waals surface area contributed by atoms with E-state index in [1.54, 1.807) is 14.0 Å². The first-order valence-electron chi connectivity index (χ1n) is 4.88. The first kappa shape index (κ1) is 11.6. The maximum absolute atomic E-state index is 11.6. The van der Waals surface area contributed by atoms with E-state index in [1.807, 2.05) is 0 Å². The van der Waals surface area contributed by atoms with Gasteiger partial charge in [0.1, 0.15) is 12.6 Å². The minimum atomic E-state index is -0.524. The monoisotopic (exact) mass is 213 g/mol. The molecule has 3 amide bonds. The summed E-state index contributed by atoms with van der Waals surface area (Å²) in [5.41, 5.74) is 0. The number of rotatable bonds is 3. The maximum atomic E-state index is 11.6. The second-order valence-electron chi connectivity index (χ2n) is 3.39. The average molecular weight is 213 g/mol. The van der Waals surface area contributed by atoms with E-state index in [9.17, 15) is 14.4 Å². The number of imide groups is 1. The largest absolute Gasteiger partial charge is 0.320 e. The van der Waals surface area contributed by atoms with Crippen molar-refractivity contribution in [3.8, 4) is 0 Å². The van der Waals surface area contributed by atoms with Crippen molar-refractivity contribution in [3.05, 3.63) is 0 Å². The molecular formula is C9H15N3O3. The number of nitrogens with zero attached hydrogens (tertiary/aromatic N) is 1. The van der Waals surface area contributed by atoms with Crippen molar-refractivity contribution in [2.24, 2.45) is 0 Å². The highest BCUT2D eigenvalue weighted by Gasteiger charge is 2.34. The first-order chi connectivity index (χ1) is 7.10. The fraction of sp³-hybridized carbons (Fsp3) is 0.667. The molecule has 1 atom stereocenters. The van der Waals surface area contributed by atoms with Crippen LogP contribution in [0.3, 0.4) is 0 Å². The number of piperazine rings is 1. The van der Waals surface area contributed by atoms with E-state index in [-0.39, 0.29) is 19.0 Å². The summed E-state index contributed by atoms with van der Waals surface area (Å²) in [4.78, 5) is 35.4. The minimum absolute atomic E-state index is 0.0369. The second kappa shape index (κ2) is 4.88. The van der Waals surface area contributed by atoms with Gasteiger partial charge in [0.05, 0.1) is 6.54 Å². The van der Waals surface area contributed by atoms with Crippen molar-refractivity contribution in [2.75, 3.05) is 20.1 Å². The van der Waals surface area contributed by atoms with Crippen molar-refractivity contribution >= 4 is 17.7 Å². The zero-order valence-electron chi connectivity index (χ0n) is 8.87. The van der Waals surface area contributed by atoms with Crippen LogP contribution in [-0.2, 0) is 14.4 Å². The number of nitrogens with one attached hydrogen (secondary N) is 2. The molecule has 0 saturated carbocycles. The van der Waals surface area contributed by atoms with Gasteiger partial charge in [0.2, 0.25) is 17.7 Å². The van der Waals surface area contributed by atoms with E-state index < -0.39 is 17.9 Å². The molecule has 0 aromatic heterocycles. The highest BCUT2D eigenvalue weighted by Crippen LogP contribution is 2.08. The molecule has 0 radical (unpaired) electrons. The van der Waals surface area contributed by atoms with Gasteiger partial charge in [0, 0.05) is 0 Å². The van der Waals surface area contributed by atoms with Crippen LogP contribution in [0.25, 0.3) is 0 Å². The third kappa shape index (κ3) is 2.53. The number of likely N-dealkylation sites (N-methyl/N-ethyl adjacent to an activating group) is 1. The van der Waals surface area contributed by atoms with Gasteiger partial charge in [-0.15, -0.1) is 0 Å². The highest BCUT2D eigenvalue weighted by molar-refractivity contribution is 6.04. The smallest absolute Gasteiger partial charge is 0.249 e. The van der Waals surface area contributed by atoms with Gasteiger partial charge in [0.15, 0.2) is 0 Å². The Morgan fingerprint density at radius 3 is 2.80 bits per heavy atom. The molecule has 0 spiro atoms. The third-order valence-corrected chi connectivity index (χ3v) is 2.29. The predicted octanol–water partition coefficient (Wildman–Crippen LogP) is -1.53. The Kier molecular flexibility index (Phi) is 3.79. The molecule has 1 rings (SSSR count). The second-order valence-corrected chi connectivity index (χ2v) is 3.39. The molecule has 0 aliphatic carbocycles. The quantitative estimate of drug-likeness (QED) is 0.557. The number of carbonyl (C=O) groups excluding carboxylic acids is 3. The summed E-state index contributed by atoms with van der Waals surface area (Å²) in [5.74, 6) is -1.04. The van der Waals surface area contributed by atoms with E-state index in [0.717, 1.165) is 0 Å². The van der Waals surface area contributed by atoms with Crippen molar-refractivity contribution in [3.63, 3.8) is 0 Å². The van der Waals surface area contributed by atoms with Crippen LogP contribution in [0, 0.1) is 0 Å². The number of hydrogen-bond donors (Lipinski definition) is 2. The predicted molar refractivity (Wildman–Crippen MR) is 52.9 cm³/mol. The lowest BCUT2D eigenvalue weighted by Gasteiger charge is -2.33. The molecule has 2 N–H and O–H groups in total. The Balaban J connectivity index is 2.77. The van der Waals surface area contributed by atoms with E-state index in [4.69, 9.17) is 0 Å². The summed E-state index contributed by atoms with van der Waals surface area (Å²) in [6.07, 6.45) is 0.508. The van der Waals surface area contributed by atoms with E-state index in [0.29, 0.717) is 6.42 Å². The van der Waals surface area contributed by atoms with Crippen LogP contribution >= 0.6 is 0 Å². The van der Waals surface area contributed by atoms with Crippen LogP contribution in [0.4, 0.5) is 0 Å². The summed E-state index contributed by atoms with van der Waals surface area (Å²) < 4.78 is 0. The molecule has 1 saturated heterocycles. The molecule has 1 heterocycles. The molecule has 1 unspecified atom stereocenters. The Morgan fingerprint density at radius 1 is 1.60 bits per heavy atom. The molecule has 15 heavy (non-hydrogen) atoms. The molecule has 0 aromatic carbocycles. The molecule has 1 aliphatic rings. The number of hydrogen-bond acceptors (Lipinski definition) is 4. The summed E-state index contributed by atoms with van der Waals surface area (Å²) in [5, 5.41) is 4.92. The SMILES string of the molecule is CCC1C(=O)NC(=O)CN1C(=O)CNC. The van der Waals surface area contributed by atoms with Crippen molar-refractivity contribution < 1.29 is 14.4 Å². The van der Waals surface area contributed by atoms with Crippen LogP contribution < -0.4 is 10.6 Å². The highest BCUT2D eigenvalue weighted by atomic mass is 16.2. The lowest BCUT2D eigenvalue weighted by Crippen LogP contribution is -2.60. The van der Waals surface area contributed by atoms with Gasteiger partial charge in [0.25, 0.3) is 0 Å². The van der Waals surface area contributed by atoms with E-state index >= 15 is 0 Å². The van der Waals surface area contributed by atoms with Crippen LogP contribution in [0.5, 0.6) is 0 Å². The van der Waals surface area contributed by atoms with Gasteiger partial charge >= 0.3 is 0 Å². The van der Waals surface area contributed by atoms with Crippen molar-refractivity contribution in [2.45, 2.75) is 19.4 Å².